The van der Waals surface area contributed by atoms with Gasteiger partial charge in [-0.15, -0.1) is 0 Å². The molecule has 1 aromatic rings. The van der Waals surface area contributed by atoms with E-state index >= 15 is 0 Å². The van der Waals surface area contributed by atoms with E-state index in [0.717, 1.165) is 6.42 Å². The number of hydrogen-bond acceptors (Lipinski definition) is 2. The van der Waals surface area contributed by atoms with Crippen LogP contribution in [0.1, 0.15) is 43.9 Å². The Bertz CT molecular complexity index is 384. The Morgan fingerprint density at radius 1 is 1.26 bits per heavy atom. The van der Waals surface area contributed by atoms with Crippen LogP contribution in [0.5, 0.6) is 0 Å². The zero-order valence-corrected chi connectivity index (χ0v) is 12.6. The molecule has 0 aliphatic heterocycles. The number of carbonyl (C=O) groups excluding carboxylic acids is 1. The average Bonchev–Trinajstić information content (AvgIpc) is 2.42. The third-order valence-corrected chi connectivity index (χ3v) is 3.36. The second-order valence-corrected chi connectivity index (χ2v) is 5.24. The Hall–Kier alpha value is -1.35. The Labute approximate surface area is 117 Å². The van der Waals surface area contributed by atoms with Gasteiger partial charge in [-0.25, -0.2) is 0 Å². The van der Waals surface area contributed by atoms with E-state index in [1.165, 1.54) is 24.0 Å². The topological polar surface area (TPSA) is 32.3 Å². The summed E-state index contributed by atoms with van der Waals surface area (Å²) in [6, 6.07) is 8.89. The van der Waals surface area contributed by atoms with Gasteiger partial charge in [0.25, 0.3) is 0 Å². The molecule has 1 unspecified atom stereocenters. The summed E-state index contributed by atoms with van der Waals surface area (Å²) >= 11 is 0. The smallest absolute Gasteiger partial charge is 0.236 e. The zero-order chi connectivity index (χ0) is 14.3. The second-order valence-electron chi connectivity index (χ2n) is 5.24. The molecule has 0 saturated carbocycles. The molecule has 19 heavy (non-hydrogen) atoms. The molecule has 1 amide bonds. The second kappa shape index (κ2) is 7.95. The van der Waals surface area contributed by atoms with Crippen molar-refractivity contribution in [3.63, 3.8) is 0 Å². The van der Waals surface area contributed by atoms with Crippen molar-refractivity contribution in [1.29, 1.82) is 0 Å². The zero-order valence-electron chi connectivity index (χ0n) is 12.6. The molecule has 0 fully saturated rings. The molecular weight excluding hydrogens is 236 g/mol. The van der Waals surface area contributed by atoms with Gasteiger partial charge in [0.15, 0.2) is 0 Å². The number of benzene rings is 1. The molecule has 1 N–H and O–H groups in total. The molecule has 0 bridgehead atoms. The van der Waals surface area contributed by atoms with Crippen molar-refractivity contribution in [2.24, 2.45) is 0 Å². The standard InChI is InChI=1S/C16H26N2O/c1-5-6-7-14-8-10-15(11-9-14)13(2)17-12-16(19)18(3)4/h8-11,13,17H,5-7,12H2,1-4H3. The highest BCUT2D eigenvalue weighted by atomic mass is 16.2. The number of nitrogens with zero attached hydrogens (tertiary/aromatic N) is 1. The van der Waals surface area contributed by atoms with Crippen LogP contribution in [-0.4, -0.2) is 31.4 Å². The van der Waals surface area contributed by atoms with E-state index in [0.29, 0.717) is 6.54 Å². The predicted octanol–water partition coefficient (Wildman–Crippen LogP) is 2.77. The number of unbranched alkanes of at least 4 members (excludes halogenated alkanes) is 1. The minimum absolute atomic E-state index is 0.103. The fourth-order valence-electron chi connectivity index (χ4n) is 1.87. The lowest BCUT2D eigenvalue weighted by Gasteiger charge is -2.16. The van der Waals surface area contributed by atoms with Crippen LogP contribution in [0.2, 0.25) is 0 Å². The quantitative estimate of drug-likeness (QED) is 0.819. The van der Waals surface area contributed by atoms with Gasteiger partial charge in [0.2, 0.25) is 5.91 Å². The third kappa shape index (κ3) is 5.43. The van der Waals surface area contributed by atoms with Crippen molar-refractivity contribution in [2.75, 3.05) is 20.6 Å². The highest BCUT2D eigenvalue weighted by Crippen LogP contribution is 2.14. The highest BCUT2D eigenvalue weighted by Gasteiger charge is 2.08. The van der Waals surface area contributed by atoms with Crippen LogP contribution in [-0.2, 0) is 11.2 Å². The van der Waals surface area contributed by atoms with Crippen LogP contribution in [0.3, 0.4) is 0 Å². The molecular formula is C16H26N2O. The minimum Gasteiger partial charge on any atom is -0.348 e. The first kappa shape index (κ1) is 15.7. The number of nitrogens with one attached hydrogen (secondary N) is 1. The highest BCUT2D eigenvalue weighted by molar-refractivity contribution is 5.77. The van der Waals surface area contributed by atoms with E-state index in [1.54, 1.807) is 19.0 Å². The summed E-state index contributed by atoms with van der Waals surface area (Å²) in [7, 11) is 3.55. The molecule has 0 aromatic heterocycles. The van der Waals surface area contributed by atoms with E-state index < -0.39 is 0 Å². The van der Waals surface area contributed by atoms with Crippen molar-refractivity contribution in [3.05, 3.63) is 35.4 Å². The fraction of sp³-hybridized carbons (Fsp3) is 0.562. The number of carbonyl (C=O) groups is 1. The minimum atomic E-state index is 0.103. The molecule has 106 valence electrons. The van der Waals surface area contributed by atoms with Crippen LogP contribution in [0.4, 0.5) is 0 Å². The van der Waals surface area contributed by atoms with Gasteiger partial charge in [-0.05, 0) is 30.9 Å². The van der Waals surface area contributed by atoms with E-state index in [2.05, 4.69) is 43.4 Å². The maximum absolute atomic E-state index is 11.5. The summed E-state index contributed by atoms with van der Waals surface area (Å²) in [5.74, 6) is 0.103. The normalized spacial score (nSPS) is 12.2. The molecule has 0 spiro atoms. The molecule has 0 aliphatic carbocycles. The van der Waals surface area contributed by atoms with Crippen LogP contribution in [0.15, 0.2) is 24.3 Å². The first-order valence-corrected chi connectivity index (χ1v) is 7.07. The van der Waals surface area contributed by atoms with Crippen molar-refractivity contribution < 1.29 is 4.79 Å². The van der Waals surface area contributed by atoms with Gasteiger partial charge >= 0.3 is 0 Å². The molecule has 3 heteroatoms. The van der Waals surface area contributed by atoms with Crippen LogP contribution in [0.25, 0.3) is 0 Å². The summed E-state index contributed by atoms with van der Waals surface area (Å²) in [6.07, 6.45) is 3.62. The van der Waals surface area contributed by atoms with Crippen molar-refractivity contribution in [1.82, 2.24) is 10.2 Å². The summed E-state index contributed by atoms with van der Waals surface area (Å²) in [5.41, 5.74) is 2.62. The fourth-order valence-corrected chi connectivity index (χ4v) is 1.87. The van der Waals surface area contributed by atoms with Crippen LogP contribution >= 0.6 is 0 Å². The van der Waals surface area contributed by atoms with E-state index in [9.17, 15) is 4.79 Å². The Kier molecular flexibility index (Phi) is 6.57. The molecule has 0 heterocycles. The summed E-state index contributed by atoms with van der Waals surface area (Å²) in [6.45, 7) is 4.68. The van der Waals surface area contributed by atoms with Gasteiger partial charge < -0.3 is 10.2 Å². The molecule has 3 nitrogen and oxygen atoms in total. The van der Waals surface area contributed by atoms with E-state index in [-0.39, 0.29) is 11.9 Å². The molecule has 1 rings (SSSR count). The lowest BCUT2D eigenvalue weighted by molar-refractivity contribution is -0.127. The Morgan fingerprint density at radius 2 is 1.89 bits per heavy atom. The largest absolute Gasteiger partial charge is 0.348 e. The van der Waals surface area contributed by atoms with Gasteiger partial charge in [-0.1, -0.05) is 37.6 Å². The number of likely N-dealkylation sites (N-methyl/N-ethyl adjacent to an activating group) is 1. The first-order chi connectivity index (χ1) is 9.04. The lowest BCUT2D eigenvalue weighted by atomic mass is 10.0. The van der Waals surface area contributed by atoms with Crippen molar-refractivity contribution in [2.45, 2.75) is 39.2 Å². The van der Waals surface area contributed by atoms with Gasteiger partial charge in [0, 0.05) is 20.1 Å². The van der Waals surface area contributed by atoms with Crippen LogP contribution in [0, 0.1) is 0 Å². The number of amides is 1. The number of aryl methyl sites for hydroxylation is 1. The van der Waals surface area contributed by atoms with Gasteiger partial charge in [-0.3, -0.25) is 4.79 Å². The molecule has 1 aromatic carbocycles. The van der Waals surface area contributed by atoms with Crippen molar-refractivity contribution >= 4 is 5.91 Å². The maximum atomic E-state index is 11.5. The average molecular weight is 262 g/mol. The molecule has 0 saturated heterocycles. The molecule has 1 atom stereocenters. The summed E-state index contributed by atoms with van der Waals surface area (Å²) in [4.78, 5) is 13.1. The van der Waals surface area contributed by atoms with Gasteiger partial charge in [-0.2, -0.15) is 0 Å². The third-order valence-electron chi connectivity index (χ3n) is 3.36. The maximum Gasteiger partial charge on any atom is 0.236 e. The van der Waals surface area contributed by atoms with Crippen molar-refractivity contribution in [3.8, 4) is 0 Å². The molecule has 0 aliphatic rings. The number of rotatable bonds is 7. The van der Waals surface area contributed by atoms with E-state index in [4.69, 9.17) is 0 Å². The lowest BCUT2D eigenvalue weighted by Crippen LogP contribution is -2.34. The van der Waals surface area contributed by atoms with Crippen LogP contribution < -0.4 is 5.32 Å². The summed E-state index contributed by atoms with van der Waals surface area (Å²) < 4.78 is 0. The first-order valence-electron chi connectivity index (χ1n) is 7.07. The monoisotopic (exact) mass is 262 g/mol. The predicted molar refractivity (Wildman–Crippen MR) is 80.2 cm³/mol. The van der Waals surface area contributed by atoms with Gasteiger partial charge in [0.05, 0.1) is 6.54 Å². The Morgan fingerprint density at radius 3 is 2.42 bits per heavy atom. The summed E-state index contributed by atoms with van der Waals surface area (Å²) in [5, 5.41) is 3.25. The van der Waals surface area contributed by atoms with Gasteiger partial charge in [0.1, 0.15) is 0 Å². The number of hydrogen-bond donors (Lipinski definition) is 1. The Balaban J connectivity index is 2.48. The molecule has 0 radical (unpaired) electrons. The SMILES string of the molecule is CCCCc1ccc(C(C)NCC(=O)N(C)C)cc1. The van der Waals surface area contributed by atoms with E-state index in [1.807, 2.05) is 0 Å².